The second kappa shape index (κ2) is 5.61. The molecular weight excluding hydrogens is 288 g/mol. The van der Waals surface area contributed by atoms with E-state index in [4.69, 9.17) is 11.6 Å². The van der Waals surface area contributed by atoms with Gasteiger partial charge in [0.05, 0.1) is 12.9 Å². The Morgan fingerprint density at radius 1 is 1.24 bits per heavy atom. The van der Waals surface area contributed by atoms with Crippen LogP contribution in [-0.4, -0.2) is 25.3 Å². The Hall–Kier alpha value is -2.27. The number of nitrogens with zero attached hydrogens (tertiary/aromatic N) is 4. The molecule has 0 aliphatic heterocycles. The van der Waals surface area contributed by atoms with Gasteiger partial charge in [0.15, 0.2) is 16.6 Å². The van der Waals surface area contributed by atoms with Crippen molar-refractivity contribution in [1.29, 1.82) is 0 Å². The lowest BCUT2D eigenvalue weighted by molar-refractivity contribution is 0.0973. The molecule has 1 aromatic carbocycles. The van der Waals surface area contributed by atoms with Gasteiger partial charge in [-0.3, -0.25) is 4.79 Å². The van der Waals surface area contributed by atoms with Crippen LogP contribution in [0.2, 0.25) is 5.15 Å². The number of imidazole rings is 1. The van der Waals surface area contributed by atoms with Crippen molar-refractivity contribution in [3.8, 4) is 0 Å². The molecule has 0 atom stereocenters. The van der Waals surface area contributed by atoms with Gasteiger partial charge in [-0.2, -0.15) is 0 Å². The van der Waals surface area contributed by atoms with Crippen LogP contribution in [0.3, 0.4) is 0 Å². The van der Waals surface area contributed by atoms with Gasteiger partial charge in [0, 0.05) is 12.0 Å². The van der Waals surface area contributed by atoms with Gasteiger partial charge in [0.25, 0.3) is 0 Å². The lowest BCUT2D eigenvalue weighted by Gasteiger charge is -2.04. The Balaban J connectivity index is 1.98. The van der Waals surface area contributed by atoms with Crippen molar-refractivity contribution in [2.75, 3.05) is 0 Å². The first kappa shape index (κ1) is 13.7. The molecule has 2 heterocycles. The number of carbonyl (C=O) groups is 1. The lowest BCUT2D eigenvalue weighted by atomic mass is 10.1. The fourth-order valence-electron chi connectivity index (χ4n) is 2.10. The van der Waals surface area contributed by atoms with Gasteiger partial charge in [0.1, 0.15) is 11.3 Å². The SMILES string of the molecule is CCc1nc(Cl)c2ncn(CC(=O)c3ccccc3)c2n1. The predicted molar refractivity (Wildman–Crippen MR) is 80.5 cm³/mol. The van der Waals surface area contributed by atoms with E-state index in [9.17, 15) is 4.79 Å². The van der Waals surface area contributed by atoms with Crippen molar-refractivity contribution in [3.05, 3.63) is 53.2 Å². The highest BCUT2D eigenvalue weighted by atomic mass is 35.5. The molecule has 3 rings (SSSR count). The number of carbonyl (C=O) groups excluding carboxylic acids is 1. The van der Waals surface area contributed by atoms with Crippen LogP contribution in [0, 0.1) is 0 Å². The molecule has 0 saturated heterocycles. The monoisotopic (exact) mass is 300 g/mol. The van der Waals surface area contributed by atoms with Crippen LogP contribution in [-0.2, 0) is 13.0 Å². The van der Waals surface area contributed by atoms with Crippen LogP contribution in [0.5, 0.6) is 0 Å². The summed E-state index contributed by atoms with van der Waals surface area (Å²) in [6.07, 6.45) is 2.25. The summed E-state index contributed by atoms with van der Waals surface area (Å²) in [4.78, 5) is 25.0. The smallest absolute Gasteiger partial charge is 0.182 e. The summed E-state index contributed by atoms with van der Waals surface area (Å²) in [7, 11) is 0. The number of hydrogen-bond donors (Lipinski definition) is 0. The van der Waals surface area contributed by atoms with Crippen molar-refractivity contribution >= 4 is 28.5 Å². The van der Waals surface area contributed by atoms with Gasteiger partial charge >= 0.3 is 0 Å². The fourth-order valence-corrected chi connectivity index (χ4v) is 2.33. The third-order valence-corrected chi connectivity index (χ3v) is 3.46. The van der Waals surface area contributed by atoms with Gasteiger partial charge in [-0.25, -0.2) is 15.0 Å². The van der Waals surface area contributed by atoms with Crippen molar-refractivity contribution in [3.63, 3.8) is 0 Å². The van der Waals surface area contributed by atoms with E-state index in [0.717, 1.165) is 0 Å². The summed E-state index contributed by atoms with van der Waals surface area (Å²) in [5, 5.41) is 0.322. The molecule has 0 radical (unpaired) electrons. The van der Waals surface area contributed by atoms with Crippen LogP contribution in [0.4, 0.5) is 0 Å². The molecule has 0 N–H and O–H groups in total. The first-order valence-electron chi connectivity index (χ1n) is 6.64. The van der Waals surface area contributed by atoms with Crippen LogP contribution >= 0.6 is 11.6 Å². The van der Waals surface area contributed by atoms with E-state index in [1.807, 2.05) is 25.1 Å². The molecule has 0 spiro atoms. The molecule has 6 heteroatoms. The van der Waals surface area contributed by atoms with Crippen molar-refractivity contribution < 1.29 is 4.79 Å². The van der Waals surface area contributed by atoms with Gasteiger partial charge in [-0.15, -0.1) is 0 Å². The number of hydrogen-bond acceptors (Lipinski definition) is 4. The quantitative estimate of drug-likeness (QED) is 0.549. The maximum atomic E-state index is 12.3. The van der Waals surface area contributed by atoms with Crippen molar-refractivity contribution in [2.24, 2.45) is 0 Å². The van der Waals surface area contributed by atoms with Crippen molar-refractivity contribution in [2.45, 2.75) is 19.9 Å². The number of fused-ring (bicyclic) bond motifs is 1. The molecule has 106 valence electrons. The van der Waals surface area contributed by atoms with E-state index >= 15 is 0 Å². The standard InChI is InChI=1S/C15H13ClN4O/c1-2-12-18-14(16)13-15(19-12)20(9-17-13)8-11(21)10-6-4-3-5-7-10/h3-7,9H,2,8H2,1H3. The predicted octanol–water partition coefficient (Wildman–Crippen LogP) is 2.93. The summed E-state index contributed by atoms with van der Waals surface area (Å²) in [6, 6.07) is 9.15. The Morgan fingerprint density at radius 3 is 2.71 bits per heavy atom. The maximum absolute atomic E-state index is 12.3. The highest BCUT2D eigenvalue weighted by molar-refractivity contribution is 6.33. The molecule has 3 aromatic rings. The Morgan fingerprint density at radius 2 is 2.00 bits per heavy atom. The molecule has 0 fully saturated rings. The van der Waals surface area contributed by atoms with Crippen LogP contribution in [0.1, 0.15) is 23.1 Å². The Kier molecular flexibility index (Phi) is 3.66. The fraction of sp³-hybridized carbons (Fsp3) is 0.200. The Bertz CT molecular complexity index is 798. The molecule has 0 saturated carbocycles. The minimum Gasteiger partial charge on any atom is -0.307 e. The lowest BCUT2D eigenvalue weighted by Crippen LogP contribution is -2.10. The number of halogens is 1. The highest BCUT2D eigenvalue weighted by Crippen LogP contribution is 2.19. The summed E-state index contributed by atoms with van der Waals surface area (Å²) < 4.78 is 1.71. The number of aromatic nitrogens is 4. The number of benzene rings is 1. The molecule has 0 aliphatic rings. The number of Topliss-reactive ketones (excluding diaryl/α,β-unsaturated/α-hetero) is 1. The van der Waals surface area contributed by atoms with E-state index < -0.39 is 0 Å². The zero-order valence-corrected chi connectivity index (χ0v) is 12.2. The molecule has 0 bridgehead atoms. The molecule has 0 aliphatic carbocycles. The minimum atomic E-state index is 0.00248. The van der Waals surface area contributed by atoms with Crippen molar-refractivity contribution in [1.82, 2.24) is 19.5 Å². The van der Waals surface area contributed by atoms with E-state index in [0.29, 0.717) is 34.1 Å². The average Bonchev–Trinajstić information content (AvgIpc) is 2.91. The molecule has 5 nitrogen and oxygen atoms in total. The summed E-state index contributed by atoms with van der Waals surface area (Å²) in [5.74, 6) is 0.643. The normalized spacial score (nSPS) is 11.0. The van der Waals surface area contributed by atoms with E-state index in [2.05, 4.69) is 15.0 Å². The van der Waals surface area contributed by atoms with Gasteiger partial charge in [-0.05, 0) is 0 Å². The average molecular weight is 301 g/mol. The maximum Gasteiger partial charge on any atom is 0.182 e. The zero-order valence-electron chi connectivity index (χ0n) is 11.5. The van der Waals surface area contributed by atoms with Crippen LogP contribution in [0.25, 0.3) is 11.2 Å². The number of ketones is 1. The number of rotatable bonds is 4. The van der Waals surface area contributed by atoms with Gasteiger partial charge in [-0.1, -0.05) is 48.9 Å². The van der Waals surface area contributed by atoms with E-state index in [1.54, 1.807) is 23.0 Å². The minimum absolute atomic E-state index is 0.00248. The second-order valence-electron chi connectivity index (χ2n) is 4.62. The topological polar surface area (TPSA) is 60.7 Å². The van der Waals surface area contributed by atoms with Crippen LogP contribution < -0.4 is 0 Å². The molecular formula is C15H13ClN4O. The van der Waals surface area contributed by atoms with Gasteiger partial charge in [0.2, 0.25) is 0 Å². The van der Waals surface area contributed by atoms with E-state index in [1.165, 1.54) is 0 Å². The summed E-state index contributed by atoms with van der Waals surface area (Å²) in [6.45, 7) is 2.13. The summed E-state index contributed by atoms with van der Waals surface area (Å²) >= 11 is 6.10. The highest BCUT2D eigenvalue weighted by Gasteiger charge is 2.14. The first-order chi connectivity index (χ1) is 10.2. The summed E-state index contributed by atoms with van der Waals surface area (Å²) in [5.41, 5.74) is 1.78. The third-order valence-electron chi connectivity index (χ3n) is 3.19. The number of aryl methyl sites for hydroxylation is 1. The molecule has 0 amide bonds. The van der Waals surface area contributed by atoms with E-state index in [-0.39, 0.29) is 12.3 Å². The molecule has 21 heavy (non-hydrogen) atoms. The Labute approximate surface area is 126 Å². The second-order valence-corrected chi connectivity index (χ2v) is 4.98. The van der Waals surface area contributed by atoms with Crippen LogP contribution in [0.15, 0.2) is 36.7 Å². The first-order valence-corrected chi connectivity index (χ1v) is 7.02. The van der Waals surface area contributed by atoms with Gasteiger partial charge < -0.3 is 4.57 Å². The largest absolute Gasteiger partial charge is 0.307 e. The third kappa shape index (κ3) is 2.64. The zero-order chi connectivity index (χ0) is 14.8. The molecule has 0 unspecified atom stereocenters. The molecule has 2 aromatic heterocycles.